The monoisotopic (exact) mass is 403 g/mol. The maximum absolute atomic E-state index is 12.8. The number of nitrogens with zero attached hydrogens (tertiary/aromatic N) is 1. The molecule has 0 amide bonds. The molecule has 7 heteroatoms. The summed E-state index contributed by atoms with van der Waals surface area (Å²) in [4.78, 5) is 16.9. The third-order valence-electron chi connectivity index (χ3n) is 3.99. The van der Waals surface area contributed by atoms with Crippen LogP contribution in [0.5, 0.6) is 5.75 Å². The van der Waals surface area contributed by atoms with Gasteiger partial charge in [0.2, 0.25) is 0 Å². The fourth-order valence-corrected chi connectivity index (χ4v) is 3.83. The smallest absolute Gasteiger partial charge is 0.316 e. The molecule has 6 nitrogen and oxygen atoms in total. The molecule has 0 fully saturated rings. The van der Waals surface area contributed by atoms with Crippen molar-refractivity contribution in [1.82, 2.24) is 0 Å². The normalized spacial score (nSPS) is 12.5. The van der Waals surface area contributed by atoms with Gasteiger partial charge in [-0.25, -0.2) is 8.42 Å². The van der Waals surface area contributed by atoms with E-state index < -0.39 is 15.3 Å². The predicted octanol–water partition coefficient (Wildman–Crippen LogP) is 3.98. The SMILES string of the molecule is CO/N=C(\C)c1ccccc1CS(=O)(=O)c1ccc(OC(=O)C(C)(C)C)cc1. The Hall–Kier alpha value is -2.67. The number of hydrogen-bond acceptors (Lipinski definition) is 6. The first-order valence-corrected chi connectivity index (χ1v) is 10.4. The van der Waals surface area contributed by atoms with Crippen LogP contribution in [0.15, 0.2) is 58.6 Å². The van der Waals surface area contributed by atoms with Crippen LogP contribution in [0.4, 0.5) is 0 Å². The summed E-state index contributed by atoms with van der Waals surface area (Å²) in [6.45, 7) is 7.01. The molecule has 0 atom stereocenters. The Kier molecular flexibility index (Phi) is 6.61. The van der Waals surface area contributed by atoms with Crippen LogP contribution in [0.1, 0.15) is 38.8 Å². The minimum absolute atomic E-state index is 0.152. The quantitative estimate of drug-likeness (QED) is 0.315. The summed E-state index contributed by atoms with van der Waals surface area (Å²) in [6, 6.07) is 13.0. The van der Waals surface area contributed by atoms with E-state index in [0.717, 1.165) is 0 Å². The molecule has 150 valence electrons. The van der Waals surface area contributed by atoms with Gasteiger partial charge in [-0.3, -0.25) is 4.79 Å². The van der Waals surface area contributed by atoms with Gasteiger partial charge in [0.05, 0.1) is 21.8 Å². The summed E-state index contributed by atoms with van der Waals surface area (Å²) in [5, 5.41) is 3.89. The zero-order valence-electron chi connectivity index (χ0n) is 16.7. The summed E-state index contributed by atoms with van der Waals surface area (Å²) < 4.78 is 31.0. The van der Waals surface area contributed by atoms with Crippen LogP contribution in [0.25, 0.3) is 0 Å². The van der Waals surface area contributed by atoms with E-state index in [1.807, 2.05) is 6.07 Å². The number of rotatable bonds is 6. The molecule has 0 aliphatic heterocycles. The fraction of sp³-hybridized carbons (Fsp3) is 0.333. The highest BCUT2D eigenvalue weighted by Crippen LogP contribution is 2.24. The molecular formula is C21H25NO5S. The van der Waals surface area contributed by atoms with E-state index in [4.69, 9.17) is 9.57 Å². The van der Waals surface area contributed by atoms with Crippen LogP contribution < -0.4 is 4.74 Å². The summed E-state index contributed by atoms with van der Waals surface area (Å²) in [6.07, 6.45) is 0. The number of benzene rings is 2. The zero-order valence-corrected chi connectivity index (χ0v) is 17.5. The standard InChI is InChI=1S/C21H25NO5S/c1-15(22-26-5)19-9-7-6-8-16(19)14-28(24,25)18-12-10-17(11-13-18)27-20(23)21(2,3)4/h6-13H,14H2,1-5H3/b22-15+. The Balaban J connectivity index is 2.25. The Bertz CT molecular complexity index is 971. The van der Waals surface area contributed by atoms with E-state index in [9.17, 15) is 13.2 Å². The second-order valence-electron chi connectivity index (χ2n) is 7.39. The average Bonchev–Trinajstić information content (AvgIpc) is 2.61. The van der Waals surface area contributed by atoms with Crippen molar-refractivity contribution >= 4 is 21.5 Å². The molecule has 0 radical (unpaired) electrons. The van der Waals surface area contributed by atoms with Gasteiger partial charge in [0.15, 0.2) is 9.84 Å². The molecule has 0 bridgehead atoms. The molecule has 2 aromatic carbocycles. The number of carbonyl (C=O) groups is 1. The Morgan fingerprint density at radius 1 is 1.04 bits per heavy atom. The minimum Gasteiger partial charge on any atom is -0.426 e. The van der Waals surface area contributed by atoms with Crippen molar-refractivity contribution in [3.8, 4) is 5.75 Å². The Morgan fingerprint density at radius 2 is 1.64 bits per heavy atom. The summed E-state index contributed by atoms with van der Waals surface area (Å²) in [7, 11) is -2.15. The largest absolute Gasteiger partial charge is 0.426 e. The second kappa shape index (κ2) is 8.56. The number of hydrogen-bond donors (Lipinski definition) is 0. The first-order valence-electron chi connectivity index (χ1n) is 8.76. The summed E-state index contributed by atoms with van der Waals surface area (Å²) >= 11 is 0. The van der Waals surface area contributed by atoms with E-state index >= 15 is 0 Å². The second-order valence-corrected chi connectivity index (χ2v) is 9.38. The number of esters is 1. The van der Waals surface area contributed by atoms with Crippen LogP contribution in [0.2, 0.25) is 0 Å². The molecule has 0 heterocycles. The van der Waals surface area contributed by atoms with Gasteiger partial charge in [-0.05, 0) is 57.5 Å². The van der Waals surface area contributed by atoms with Gasteiger partial charge in [0.25, 0.3) is 0 Å². The molecule has 2 aromatic rings. The molecule has 0 aliphatic rings. The van der Waals surface area contributed by atoms with Crippen LogP contribution >= 0.6 is 0 Å². The highest BCUT2D eigenvalue weighted by molar-refractivity contribution is 7.90. The third-order valence-corrected chi connectivity index (χ3v) is 5.67. The van der Waals surface area contributed by atoms with Gasteiger partial charge in [-0.1, -0.05) is 29.4 Å². The van der Waals surface area contributed by atoms with Crippen molar-refractivity contribution in [1.29, 1.82) is 0 Å². The van der Waals surface area contributed by atoms with Crippen molar-refractivity contribution in [3.63, 3.8) is 0 Å². The van der Waals surface area contributed by atoms with Crippen LogP contribution in [-0.2, 0) is 25.2 Å². The lowest BCUT2D eigenvalue weighted by Crippen LogP contribution is -2.25. The molecular weight excluding hydrogens is 378 g/mol. The van der Waals surface area contributed by atoms with Gasteiger partial charge in [-0.2, -0.15) is 0 Å². The molecule has 0 N–H and O–H groups in total. The molecule has 2 rings (SSSR count). The lowest BCUT2D eigenvalue weighted by molar-refractivity contribution is -0.143. The van der Waals surface area contributed by atoms with E-state index in [2.05, 4.69) is 5.16 Å². The van der Waals surface area contributed by atoms with E-state index in [1.165, 1.54) is 31.4 Å². The Labute approximate surface area is 166 Å². The van der Waals surface area contributed by atoms with Gasteiger partial charge in [0.1, 0.15) is 12.9 Å². The van der Waals surface area contributed by atoms with Gasteiger partial charge in [-0.15, -0.1) is 0 Å². The van der Waals surface area contributed by atoms with Crippen LogP contribution in [0, 0.1) is 5.41 Å². The molecule has 0 unspecified atom stereocenters. The van der Waals surface area contributed by atoms with Crippen molar-refractivity contribution in [3.05, 3.63) is 59.7 Å². The highest BCUT2D eigenvalue weighted by Gasteiger charge is 2.24. The lowest BCUT2D eigenvalue weighted by Gasteiger charge is -2.16. The highest BCUT2D eigenvalue weighted by atomic mass is 32.2. The first kappa shape index (κ1) is 21.6. The van der Waals surface area contributed by atoms with E-state index in [-0.39, 0.29) is 16.6 Å². The molecule has 0 saturated heterocycles. The van der Waals surface area contributed by atoms with Gasteiger partial charge in [0, 0.05) is 5.56 Å². The molecule has 0 aromatic heterocycles. The van der Waals surface area contributed by atoms with Crippen molar-refractivity contribution in [2.24, 2.45) is 10.6 Å². The number of sulfone groups is 1. The topological polar surface area (TPSA) is 82.0 Å². The Morgan fingerprint density at radius 3 is 2.21 bits per heavy atom. The molecule has 0 aliphatic carbocycles. The molecule has 28 heavy (non-hydrogen) atoms. The molecule has 0 spiro atoms. The van der Waals surface area contributed by atoms with Gasteiger partial charge < -0.3 is 9.57 Å². The average molecular weight is 404 g/mol. The van der Waals surface area contributed by atoms with E-state index in [0.29, 0.717) is 22.6 Å². The first-order chi connectivity index (χ1) is 13.0. The fourth-order valence-electron chi connectivity index (χ4n) is 2.45. The minimum atomic E-state index is -3.59. The number of carbonyl (C=O) groups excluding carboxylic acids is 1. The number of oxime groups is 1. The summed E-state index contributed by atoms with van der Waals surface area (Å²) in [5.74, 6) is -0.256. The maximum Gasteiger partial charge on any atom is 0.316 e. The maximum atomic E-state index is 12.8. The molecule has 0 saturated carbocycles. The zero-order chi connectivity index (χ0) is 20.9. The van der Waals surface area contributed by atoms with Crippen LogP contribution in [-0.4, -0.2) is 27.2 Å². The lowest BCUT2D eigenvalue weighted by atomic mass is 9.97. The van der Waals surface area contributed by atoms with Gasteiger partial charge >= 0.3 is 5.97 Å². The number of ether oxygens (including phenoxy) is 1. The van der Waals surface area contributed by atoms with Crippen molar-refractivity contribution in [2.75, 3.05) is 7.11 Å². The van der Waals surface area contributed by atoms with Crippen molar-refractivity contribution < 1.29 is 22.8 Å². The van der Waals surface area contributed by atoms with E-state index in [1.54, 1.807) is 45.9 Å². The summed E-state index contributed by atoms with van der Waals surface area (Å²) in [5.41, 5.74) is 1.29. The van der Waals surface area contributed by atoms with Crippen LogP contribution in [0.3, 0.4) is 0 Å². The predicted molar refractivity (Wildman–Crippen MR) is 108 cm³/mol. The van der Waals surface area contributed by atoms with Crippen molar-refractivity contribution in [2.45, 2.75) is 38.3 Å². The third kappa shape index (κ3) is 5.42.